The van der Waals surface area contributed by atoms with Gasteiger partial charge in [-0.25, -0.2) is 9.37 Å². The molecular weight excluding hydrogens is 602 g/mol. The van der Waals surface area contributed by atoms with E-state index in [1.807, 2.05) is 0 Å². The van der Waals surface area contributed by atoms with Gasteiger partial charge in [0.25, 0.3) is 0 Å². The molecule has 0 saturated carbocycles. The van der Waals surface area contributed by atoms with E-state index in [0.29, 0.717) is 44.4 Å². The van der Waals surface area contributed by atoms with Crippen molar-refractivity contribution in [2.75, 3.05) is 22.6 Å². The average molecular weight is 626 g/mol. The minimum absolute atomic E-state index is 0.0119. The summed E-state index contributed by atoms with van der Waals surface area (Å²) in [5.74, 6) is -2.25. The maximum atomic E-state index is 14.9. The summed E-state index contributed by atoms with van der Waals surface area (Å²) in [6, 6.07) is 8.16. The number of benzene rings is 1. The van der Waals surface area contributed by atoms with Gasteiger partial charge in [0.05, 0.1) is 42.0 Å². The van der Waals surface area contributed by atoms with Gasteiger partial charge in [0.15, 0.2) is 15.3 Å². The minimum atomic E-state index is -0.913. The molecule has 1 aliphatic carbocycles. The Labute approximate surface area is 252 Å². The summed E-state index contributed by atoms with van der Waals surface area (Å²) in [5.41, 5.74) is 8.20. The number of hydrogen-bond acceptors (Lipinski definition) is 13. The number of Topliss-reactive ketones (excluding diaryl/α,β-unsaturated/α-hetero) is 1. The van der Waals surface area contributed by atoms with Gasteiger partial charge in [-0.1, -0.05) is 41.3 Å². The second-order valence-electron chi connectivity index (χ2n) is 9.15. The fourth-order valence-corrected chi connectivity index (χ4v) is 7.17. The molecule has 216 valence electrons. The number of amides is 1. The predicted molar refractivity (Wildman–Crippen MR) is 156 cm³/mol. The maximum absolute atomic E-state index is 14.9. The average Bonchev–Trinajstić information content (AvgIpc) is 3.61. The summed E-state index contributed by atoms with van der Waals surface area (Å²) >= 11 is 3.51. The number of aromatic nitrogens is 3. The summed E-state index contributed by atoms with van der Waals surface area (Å²) in [5, 5.41) is 23.6. The number of nitrogens with one attached hydrogen (secondary N) is 1. The molecule has 1 aliphatic heterocycles. The molecule has 3 aromatic rings. The third-order valence-electron chi connectivity index (χ3n) is 6.47. The number of thioether (sulfide) groups is 1. The van der Waals surface area contributed by atoms with Gasteiger partial charge >= 0.3 is 5.97 Å². The number of esters is 1. The Kier molecular flexibility index (Phi) is 8.95. The van der Waals surface area contributed by atoms with Gasteiger partial charge in [0.2, 0.25) is 11.0 Å². The van der Waals surface area contributed by atoms with E-state index >= 15 is 0 Å². The number of carbonyl (C=O) groups is 3. The molecule has 1 amide bonds. The molecule has 0 bridgehead atoms. The first-order valence-corrected chi connectivity index (χ1v) is 15.6. The van der Waals surface area contributed by atoms with Crippen molar-refractivity contribution >= 4 is 62.4 Å². The van der Waals surface area contributed by atoms with Crippen LogP contribution in [0.25, 0.3) is 0 Å². The van der Waals surface area contributed by atoms with Crippen molar-refractivity contribution < 1.29 is 23.5 Å². The van der Waals surface area contributed by atoms with E-state index in [1.165, 1.54) is 17.4 Å². The third kappa shape index (κ3) is 6.06. The second kappa shape index (κ2) is 12.8. The second-order valence-corrected chi connectivity index (χ2v) is 12.2. The molecule has 42 heavy (non-hydrogen) atoms. The Morgan fingerprint density at radius 1 is 1.31 bits per heavy atom. The van der Waals surface area contributed by atoms with Gasteiger partial charge in [-0.05, 0) is 25.8 Å². The molecule has 1 aromatic carbocycles. The lowest BCUT2D eigenvalue weighted by Crippen LogP contribution is -2.38. The van der Waals surface area contributed by atoms with Crippen LogP contribution in [0.5, 0.6) is 0 Å². The van der Waals surface area contributed by atoms with Gasteiger partial charge in [-0.15, -0.1) is 21.5 Å². The van der Waals surface area contributed by atoms with E-state index in [2.05, 4.69) is 26.6 Å². The number of anilines is 2. The normalized spacial score (nSPS) is 16.7. The molecular formula is C27H24FN7O4S3. The molecule has 1 unspecified atom stereocenters. The largest absolute Gasteiger partial charge is 0.466 e. The van der Waals surface area contributed by atoms with Crippen molar-refractivity contribution in [3.8, 4) is 6.07 Å². The molecule has 0 radical (unpaired) electrons. The Bertz CT molecular complexity index is 1660. The topological polar surface area (TPSA) is 164 Å². The number of allylic oxidation sites excluding steroid dienone is 3. The highest BCUT2D eigenvalue weighted by Crippen LogP contribution is 2.47. The SMILES string of the molecule is CCOC(=O)Cc1csc(NC(=O)CSc2nnc(N3C(N)=C(C#N)C(c4ccccc4F)C4=C3CCCC4=O)s2)n1. The zero-order valence-electron chi connectivity index (χ0n) is 22.3. The van der Waals surface area contributed by atoms with Gasteiger partial charge in [0.1, 0.15) is 11.6 Å². The summed E-state index contributed by atoms with van der Waals surface area (Å²) in [6.45, 7) is 2.00. The van der Waals surface area contributed by atoms with Crippen LogP contribution in [0.4, 0.5) is 14.7 Å². The first kappa shape index (κ1) is 29.4. The quantitative estimate of drug-likeness (QED) is 0.258. The zero-order chi connectivity index (χ0) is 29.8. The Hall–Kier alpha value is -4.13. The van der Waals surface area contributed by atoms with E-state index < -0.39 is 17.7 Å². The molecule has 3 N–H and O–H groups in total. The fourth-order valence-electron chi connectivity index (χ4n) is 4.76. The molecule has 5 rings (SSSR count). The first-order chi connectivity index (χ1) is 20.3. The number of carbonyl (C=O) groups excluding carboxylic acids is 3. The standard InChI is InChI=1S/C27H24FN7O4S3/c1-2-39-21(38)10-14-12-40-25(31-14)32-20(37)13-41-27-34-33-26(42-27)35-18-8-5-9-19(36)23(18)22(16(11-29)24(35)30)15-6-3-4-7-17(15)28/h3-4,6-7,12,22H,2,5,8-10,13,30H2,1H3,(H,31,32,37). The van der Waals surface area contributed by atoms with Gasteiger partial charge in [-0.2, -0.15) is 5.26 Å². The predicted octanol–water partition coefficient (Wildman–Crippen LogP) is 4.27. The minimum Gasteiger partial charge on any atom is -0.466 e. The highest BCUT2D eigenvalue weighted by molar-refractivity contribution is 8.01. The molecule has 2 aromatic heterocycles. The molecule has 0 fully saturated rings. The molecule has 3 heterocycles. The van der Waals surface area contributed by atoms with Crippen LogP contribution in [-0.4, -0.2) is 45.2 Å². The number of ether oxygens (including phenoxy) is 1. The number of nitrogens with zero attached hydrogens (tertiary/aromatic N) is 5. The lowest BCUT2D eigenvalue weighted by Gasteiger charge is -2.38. The molecule has 0 spiro atoms. The van der Waals surface area contributed by atoms with Crippen LogP contribution in [0.1, 0.15) is 43.4 Å². The zero-order valence-corrected chi connectivity index (χ0v) is 24.7. The Balaban J connectivity index is 1.33. The van der Waals surface area contributed by atoms with Crippen LogP contribution in [0.2, 0.25) is 0 Å². The number of nitrogens with two attached hydrogens (primary N) is 1. The van der Waals surface area contributed by atoms with Gasteiger partial charge in [-0.3, -0.25) is 19.3 Å². The number of rotatable bonds is 9. The van der Waals surface area contributed by atoms with E-state index in [-0.39, 0.29) is 53.8 Å². The highest BCUT2D eigenvalue weighted by atomic mass is 32.2. The van der Waals surface area contributed by atoms with Crippen LogP contribution in [0, 0.1) is 17.1 Å². The van der Waals surface area contributed by atoms with E-state index in [1.54, 1.807) is 35.4 Å². The lowest BCUT2D eigenvalue weighted by molar-refractivity contribution is -0.142. The van der Waals surface area contributed by atoms with Crippen LogP contribution < -0.4 is 16.0 Å². The smallest absolute Gasteiger partial charge is 0.311 e. The molecule has 1 atom stereocenters. The van der Waals surface area contributed by atoms with Crippen molar-refractivity contribution in [2.45, 2.75) is 42.9 Å². The van der Waals surface area contributed by atoms with Crippen molar-refractivity contribution in [1.82, 2.24) is 15.2 Å². The third-order valence-corrected chi connectivity index (χ3v) is 9.32. The summed E-state index contributed by atoms with van der Waals surface area (Å²) in [7, 11) is 0. The number of thiazole rings is 1. The van der Waals surface area contributed by atoms with Crippen LogP contribution in [0.15, 0.2) is 56.6 Å². The van der Waals surface area contributed by atoms with Crippen LogP contribution in [-0.2, 0) is 25.5 Å². The number of hydrogen-bond donors (Lipinski definition) is 2. The van der Waals surface area contributed by atoms with Gasteiger partial charge in [0, 0.05) is 28.6 Å². The van der Waals surface area contributed by atoms with Crippen molar-refractivity contribution in [3.05, 3.63) is 69.4 Å². The molecule has 0 saturated heterocycles. The van der Waals surface area contributed by atoms with E-state index in [9.17, 15) is 24.0 Å². The summed E-state index contributed by atoms with van der Waals surface area (Å²) in [6.07, 6.45) is 1.37. The number of halogens is 1. The van der Waals surface area contributed by atoms with Crippen molar-refractivity contribution in [3.63, 3.8) is 0 Å². The van der Waals surface area contributed by atoms with Crippen LogP contribution >= 0.6 is 34.4 Å². The van der Waals surface area contributed by atoms with E-state index in [0.717, 1.165) is 23.1 Å². The Morgan fingerprint density at radius 2 is 2.12 bits per heavy atom. The highest BCUT2D eigenvalue weighted by Gasteiger charge is 2.42. The summed E-state index contributed by atoms with van der Waals surface area (Å²) < 4.78 is 20.3. The monoisotopic (exact) mass is 625 g/mol. The molecule has 15 heteroatoms. The Morgan fingerprint density at radius 3 is 2.88 bits per heavy atom. The van der Waals surface area contributed by atoms with Gasteiger partial charge < -0.3 is 15.8 Å². The van der Waals surface area contributed by atoms with Crippen molar-refractivity contribution in [1.29, 1.82) is 5.26 Å². The molecule has 11 nitrogen and oxygen atoms in total. The maximum Gasteiger partial charge on any atom is 0.311 e. The fraction of sp³-hybridized carbons (Fsp3) is 0.296. The summed E-state index contributed by atoms with van der Waals surface area (Å²) in [4.78, 5) is 43.2. The number of ketones is 1. The van der Waals surface area contributed by atoms with Crippen LogP contribution in [0.3, 0.4) is 0 Å². The van der Waals surface area contributed by atoms with Crippen molar-refractivity contribution in [2.24, 2.45) is 5.73 Å². The first-order valence-electron chi connectivity index (χ1n) is 12.9. The van der Waals surface area contributed by atoms with E-state index in [4.69, 9.17) is 10.5 Å². The number of nitriles is 1. The molecule has 2 aliphatic rings. The lowest BCUT2D eigenvalue weighted by atomic mass is 9.75.